The molecule has 0 unspecified atom stereocenters. The zero-order valence-electron chi connectivity index (χ0n) is 13.1. The van der Waals surface area contributed by atoms with Crippen molar-refractivity contribution < 1.29 is 4.74 Å². The molecule has 4 rings (SSSR count). The van der Waals surface area contributed by atoms with E-state index in [9.17, 15) is 0 Å². The third-order valence-corrected chi connectivity index (χ3v) is 6.07. The molecular formula is C15H20Cl2N4OS. The van der Waals surface area contributed by atoms with Crippen LogP contribution in [0.3, 0.4) is 0 Å². The Kier molecular flexibility index (Phi) is 4.73. The zero-order valence-corrected chi connectivity index (χ0v) is 15.5. The number of nitrogens with zero attached hydrogens (tertiary/aromatic N) is 3. The molecule has 3 atom stereocenters. The number of thiophene rings is 1. The summed E-state index contributed by atoms with van der Waals surface area (Å²) in [6.45, 7) is 2.97. The van der Waals surface area contributed by atoms with E-state index < -0.39 is 0 Å². The summed E-state index contributed by atoms with van der Waals surface area (Å²) in [4.78, 5) is 1.31. The third-order valence-electron chi connectivity index (χ3n) is 4.58. The van der Waals surface area contributed by atoms with Crippen LogP contribution in [0.25, 0.3) is 0 Å². The van der Waals surface area contributed by atoms with Crippen molar-refractivity contribution >= 4 is 35.3 Å². The van der Waals surface area contributed by atoms with Gasteiger partial charge in [-0.1, -0.05) is 16.8 Å². The first-order valence-corrected chi connectivity index (χ1v) is 8.80. The van der Waals surface area contributed by atoms with Crippen molar-refractivity contribution in [2.45, 2.75) is 43.9 Å². The minimum Gasteiger partial charge on any atom is -0.369 e. The predicted octanol–water partition coefficient (Wildman–Crippen LogP) is 3.23. The van der Waals surface area contributed by atoms with Crippen LogP contribution in [0.1, 0.15) is 41.9 Å². The molecule has 2 aliphatic rings. The number of aryl methyl sites for hydroxylation is 1. The molecule has 0 aliphatic carbocycles. The first-order valence-electron chi connectivity index (χ1n) is 7.61. The van der Waals surface area contributed by atoms with Crippen molar-refractivity contribution in [1.29, 1.82) is 0 Å². The maximum Gasteiger partial charge on any atom is 0.106 e. The summed E-state index contributed by atoms with van der Waals surface area (Å²) in [7, 11) is 1.90. The molecule has 8 heteroatoms. The average Bonchev–Trinajstić information content (AvgIpc) is 3.04. The minimum absolute atomic E-state index is 0. The van der Waals surface area contributed by atoms with Crippen molar-refractivity contribution in [2.24, 2.45) is 7.05 Å². The molecule has 1 fully saturated rings. The number of hydrogen-bond donors (Lipinski definition) is 1. The quantitative estimate of drug-likeness (QED) is 0.832. The average molecular weight is 375 g/mol. The van der Waals surface area contributed by atoms with E-state index in [4.69, 9.17) is 16.3 Å². The lowest BCUT2D eigenvalue weighted by Gasteiger charge is -2.45. The molecule has 0 bridgehead atoms. The van der Waals surface area contributed by atoms with E-state index in [1.165, 1.54) is 10.4 Å². The second-order valence-electron chi connectivity index (χ2n) is 6.34. The normalized spacial score (nSPS) is 30.0. The zero-order chi connectivity index (χ0) is 15.3. The van der Waals surface area contributed by atoms with Crippen molar-refractivity contribution in [3.63, 3.8) is 0 Å². The summed E-state index contributed by atoms with van der Waals surface area (Å²) in [6, 6.07) is 2.62. The van der Waals surface area contributed by atoms with Gasteiger partial charge in [0.2, 0.25) is 0 Å². The van der Waals surface area contributed by atoms with E-state index in [-0.39, 0.29) is 24.0 Å². The third kappa shape index (κ3) is 3.03. The van der Waals surface area contributed by atoms with E-state index in [1.807, 2.05) is 13.2 Å². The summed E-state index contributed by atoms with van der Waals surface area (Å²) in [5, 5.41) is 12.0. The molecular weight excluding hydrogens is 355 g/mol. The fraction of sp³-hybridized carbons (Fsp3) is 0.600. The molecule has 5 nitrogen and oxygen atoms in total. The number of aromatic nitrogens is 3. The van der Waals surface area contributed by atoms with Gasteiger partial charge in [-0.05, 0) is 31.4 Å². The molecule has 23 heavy (non-hydrogen) atoms. The van der Waals surface area contributed by atoms with Gasteiger partial charge >= 0.3 is 0 Å². The fourth-order valence-electron chi connectivity index (χ4n) is 3.78. The summed E-state index contributed by atoms with van der Waals surface area (Å²) in [5.74, 6) is 0. The predicted molar refractivity (Wildman–Crippen MR) is 93.5 cm³/mol. The molecule has 0 aromatic carbocycles. The van der Waals surface area contributed by atoms with E-state index >= 15 is 0 Å². The lowest BCUT2D eigenvalue weighted by Crippen LogP contribution is -2.49. The van der Waals surface area contributed by atoms with Crippen LogP contribution in [0.2, 0.25) is 4.34 Å². The van der Waals surface area contributed by atoms with Gasteiger partial charge in [-0.25, -0.2) is 0 Å². The Morgan fingerprint density at radius 3 is 3.04 bits per heavy atom. The van der Waals surface area contributed by atoms with Gasteiger partial charge in [0, 0.05) is 30.6 Å². The Balaban J connectivity index is 0.00000156. The lowest BCUT2D eigenvalue weighted by atomic mass is 9.79. The Morgan fingerprint density at radius 2 is 2.30 bits per heavy atom. The Labute approximate surface area is 150 Å². The molecule has 126 valence electrons. The monoisotopic (exact) mass is 374 g/mol. The molecule has 1 N–H and O–H groups in total. The van der Waals surface area contributed by atoms with Gasteiger partial charge in [0.15, 0.2) is 0 Å². The summed E-state index contributed by atoms with van der Waals surface area (Å²) >= 11 is 7.94. The highest BCUT2D eigenvalue weighted by molar-refractivity contribution is 7.16. The van der Waals surface area contributed by atoms with Gasteiger partial charge in [-0.15, -0.1) is 28.8 Å². The van der Waals surface area contributed by atoms with Gasteiger partial charge in [0.1, 0.15) is 5.60 Å². The number of piperidine rings is 1. The number of nitrogens with one attached hydrogen (secondary N) is 1. The topological polar surface area (TPSA) is 52.0 Å². The molecule has 4 heterocycles. The molecule has 0 amide bonds. The second kappa shape index (κ2) is 6.33. The smallest absolute Gasteiger partial charge is 0.106 e. The maximum atomic E-state index is 6.33. The number of rotatable bonds is 1. The van der Waals surface area contributed by atoms with Crippen LogP contribution in [-0.2, 0) is 23.8 Å². The highest BCUT2D eigenvalue weighted by Gasteiger charge is 2.46. The van der Waals surface area contributed by atoms with Gasteiger partial charge in [0.25, 0.3) is 0 Å². The SMILES string of the molecule is C[C@H]1C[C@@]2(C[C@@H](c3cn(C)nn3)N1)OCCc1cc(Cl)sc12.Cl. The number of ether oxygens (including phenoxy) is 1. The highest BCUT2D eigenvalue weighted by Crippen LogP contribution is 2.49. The van der Waals surface area contributed by atoms with Gasteiger partial charge in [-0.3, -0.25) is 4.68 Å². The number of hydrogen-bond acceptors (Lipinski definition) is 5. The minimum atomic E-state index is -0.238. The van der Waals surface area contributed by atoms with Crippen molar-refractivity contribution in [3.8, 4) is 0 Å². The molecule has 1 spiro atoms. The van der Waals surface area contributed by atoms with Crippen LogP contribution in [0, 0.1) is 0 Å². The summed E-state index contributed by atoms with van der Waals surface area (Å²) in [5.41, 5.74) is 2.10. The molecule has 0 radical (unpaired) electrons. The van der Waals surface area contributed by atoms with Crippen LogP contribution in [0.4, 0.5) is 0 Å². The van der Waals surface area contributed by atoms with Crippen molar-refractivity contribution in [2.75, 3.05) is 6.61 Å². The largest absolute Gasteiger partial charge is 0.369 e. The first kappa shape index (κ1) is 17.2. The van der Waals surface area contributed by atoms with Gasteiger partial charge in [-0.2, -0.15) is 0 Å². The highest BCUT2D eigenvalue weighted by atomic mass is 35.5. The van der Waals surface area contributed by atoms with Crippen LogP contribution in [0.15, 0.2) is 12.3 Å². The van der Waals surface area contributed by atoms with Gasteiger partial charge < -0.3 is 10.1 Å². The standard InChI is InChI=1S/C15H19ClN4OS.ClH/c1-9-6-15(7-11(17-9)12-8-20(2)19-18-12)14-10(3-4-21-15)5-13(16)22-14;/h5,8-9,11,17H,3-4,6-7H2,1-2H3;1H/t9-,11-,15-;/m0./s1. The van der Waals surface area contributed by atoms with Crippen LogP contribution in [0.5, 0.6) is 0 Å². The van der Waals surface area contributed by atoms with E-state index in [0.717, 1.165) is 35.9 Å². The van der Waals surface area contributed by atoms with Crippen LogP contribution in [-0.4, -0.2) is 27.6 Å². The number of fused-ring (bicyclic) bond motifs is 2. The molecule has 2 aliphatic heterocycles. The fourth-order valence-corrected chi connectivity index (χ4v) is 5.24. The van der Waals surface area contributed by atoms with E-state index in [2.05, 4.69) is 28.6 Å². The Morgan fingerprint density at radius 1 is 1.48 bits per heavy atom. The Hall–Kier alpha value is -0.660. The van der Waals surface area contributed by atoms with Crippen LogP contribution < -0.4 is 5.32 Å². The molecule has 2 aromatic heterocycles. The summed E-state index contributed by atoms with van der Waals surface area (Å²) in [6.07, 6.45) is 4.78. The second-order valence-corrected chi connectivity index (χ2v) is 8.03. The number of halogens is 2. The molecule has 2 aromatic rings. The van der Waals surface area contributed by atoms with E-state index in [1.54, 1.807) is 16.0 Å². The molecule has 0 saturated carbocycles. The lowest BCUT2D eigenvalue weighted by molar-refractivity contribution is -0.0957. The Bertz CT molecular complexity index is 703. The van der Waals surface area contributed by atoms with Crippen molar-refractivity contribution in [1.82, 2.24) is 20.3 Å². The first-order chi connectivity index (χ1) is 10.6. The van der Waals surface area contributed by atoms with Crippen molar-refractivity contribution in [3.05, 3.63) is 32.7 Å². The van der Waals surface area contributed by atoms with E-state index in [0.29, 0.717) is 6.04 Å². The molecule has 1 saturated heterocycles. The van der Waals surface area contributed by atoms with Gasteiger partial charge in [0.05, 0.1) is 22.7 Å². The maximum absolute atomic E-state index is 6.33. The summed E-state index contributed by atoms with van der Waals surface area (Å²) < 4.78 is 8.94. The van der Waals surface area contributed by atoms with Crippen LogP contribution >= 0.6 is 35.3 Å².